The first kappa shape index (κ1) is 131. The Morgan fingerprint density at radius 1 is 0.331 bits per heavy atom. The molecular formula is C122H211N7O19+4. The van der Waals surface area contributed by atoms with Gasteiger partial charge in [0.2, 0.25) is 0 Å². The minimum atomic E-state index is -0.833. The molecule has 0 spiro atoms. The Morgan fingerprint density at radius 2 is 0.581 bits per heavy atom. The molecule has 7 aliphatic heterocycles. The van der Waals surface area contributed by atoms with Gasteiger partial charge in [0, 0.05) is 227 Å². The number of rotatable bonds is 24. The van der Waals surface area contributed by atoms with Crippen LogP contribution in [-0.2, 0) is 85.9 Å². The second-order valence-corrected chi connectivity index (χ2v) is 44.4. The maximum absolute atomic E-state index is 11.7. The number of Topliss-reactive ketones (excluding diaryl/α,β-unsaturated/α-hetero) is 3. The summed E-state index contributed by atoms with van der Waals surface area (Å²) in [5.41, 5.74) is 9.84. The number of hydrogen-bond donors (Lipinski definition) is 2. The molecule has 26 heteroatoms. The lowest BCUT2D eigenvalue weighted by Crippen LogP contribution is -2.34. The van der Waals surface area contributed by atoms with E-state index in [9.17, 15) is 47.9 Å². The normalized spacial score (nSPS) is 23.9. The molecule has 0 aromatic carbocycles. The predicted octanol–water partition coefficient (Wildman–Crippen LogP) is 23.3. The van der Waals surface area contributed by atoms with Gasteiger partial charge in [-0.2, -0.15) is 0 Å². The summed E-state index contributed by atoms with van der Waals surface area (Å²) >= 11 is 0. The van der Waals surface area contributed by atoms with E-state index in [0.717, 1.165) is 71.1 Å². The second kappa shape index (κ2) is 79.2. The van der Waals surface area contributed by atoms with Crippen LogP contribution in [0.3, 0.4) is 0 Å². The Morgan fingerprint density at radius 3 is 0.791 bits per heavy atom. The Labute approximate surface area is 896 Å². The van der Waals surface area contributed by atoms with Crippen LogP contribution in [0.5, 0.6) is 0 Å². The van der Waals surface area contributed by atoms with Crippen LogP contribution in [0, 0.1) is 71.0 Å². The van der Waals surface area contributed by atoms with Gasteiger partial charge in [-0.15, -0.1) is 0 Å². The summed E-state index contributed by atoms with van der Waals surface area (Å²) in [6.45, 7) is 40.3. The van der Waals surface area contributed by atoms with Crippen molar-refractivity contribution in [3.63, 3.8) is 0 Å². The molecule has 0 radical (unpaired) electrons. The third-order valence-electron chi connectivity index (χ3n) is 32.8. The summed E-state index contributed by atoms with van der Waals surface area (Å²) in [5, 5.41) is 10.6. The lowest BCUT2D eigenvalue weighted by atomic mass is 9.77. The second-order valence-electron chi connectivity index (χ2n) is 44.4. The van der Waals surface area contributed by atoms with Crippen LogP contribution >= 0.6 is 0 Å². The highest BCUT2D eigenvalue weighted by atomic mass is 16.5. The summed E-state index contributed by atoms with van der Waals surface area (Å²) in [6, 6.07) is 0. The number of esters is 7. The third kappa shape index (κ3) is 53.2. The molecule has 844 valence electrons. The third-order valence-corrected chi connectivity index (χ3v) is 32.8. The van der Waals surface area contributed by atoms with E-state index in [4.69, 9.17) is 33.6 Å². The molecule has 12 atom stereocenters. The summed E-state index contributed by atoms with van der Waals surface area (Å²) in [7, 11) is 5.71. The summed E-state index contributed by atoms with van der Waals surface area (Å²) in [5.74, 6) is 3.99. The van der Waals surface area contributed by atoms with Crippen LogP contribution in [0.1, 0.15) is 442 Å². The molecule has 0 bridgehead atoms. The highest BCUT2D eigenvalue weighted by Crippen LogP contribution is 2.38. The molecular weight excluding hydrogens is 1870 g/mol. The van der Waals surface area contributed by atoms with Crippen molar-refractivity contribution in [1.29, 1.82) is 0 Å². The highest BCUT2D eigenvalue weighted by Gasteiger charge is 2.41. The maximum atomic E-state index is 11.7. The fourth-order valence-electron chi connectivity index (χ4n) is 24.7. The summed E-state index contributed by atoms with van der Waals surface area (Å²) in [6.07, 6.45) is 74.4. The number of aliphatic carboxylic acids is 1. The number of carboxylic acids is 1. The van der Waals surface area contributed by atoms with E-state index in [-0.39, 0.29) is 65.5 Å². The fraction of sp³-hybridized carbons (Fsp3) is 0.828. The molecule has 9 aliphatic carbocycles. The zero-order valence-corrected chi connectivity index (χ0v) is 96.0. The zero-order valence-electron chi connectivity index (χ0n) is 96.0. The number of likely N-dealkylation sites (tertiary alicyclic amines) is 2. The van der Waals surface area contributed by atoms with Crippen LogP contribution < -0.4 is 5.32 Å². The van der Waals surface area contributed by atoms with E-state index in [1.54, 1.807) is 54.2 Å². The van der Waals surface area contributed by atoms with Crippen molar-refractivity contribution in [2.75, 3.05) is 140 Å². The van der Waals surface area contributed by atoms with Gasteiger partial charge in [0.15, 0.2) is 22.8 Å². The van der Waals surface area contributed by atoms with Crippen LogP contribution in [0.15, 0.2) is 35.7 Å². The molecule has 0 amide bonds. The van der Waals surface area contributed by atoms with E-state index in [2.05, 4.69) is 82.7 Å². The van der Waals surface area contributed by atoms with Crippen molar-refractivity contribution >= 4 is 88.0 Å². The average molecular weight is 2080 g/mol. The molecule has 148 heavy (non-hydrogen) atoms. The van der Waals surface area contributed by atoms with Gasteiger partial charge in [0.25, 0.3) is 5.97 Å². The molecule has 12 unspecified atom stereocenters. The number of carboxylic acid groups (broad SMARTS) is 1. The number of ether oxygens (including phenoxy) is 7. The van der Waals surface area contributed by atoms with Gasteiger partial charge >= 0.3 is 41.8 Å². The molecule has 0 aromatic heterocycles. The largest absolute Gasteiger partial charge is 0.481 e. The fourth-order valence-corrected chi connectivity index (χ4v) is 24.7. The SMILES string of the molecule is C/C=C\C(=O)OC.C1=C(N2CCCC2)CCCC1.C1=C(N2CCCC2)CCCC1.C1CCNC1.CC(=O)O.CCOC(=O)CC(C)C1CCCCC1=O.CCOC(=O)CC(C)C1CCCCC1=[N+]1CCCC1.CCOC(=O)CC(C)C1CCCCC1=[N+]1CCCC1.COC(=O)CC(C)C1CCCCC1=O.COC(=O)CC(C)C1CCCCC1=[N+]1CCCC1.COC(=O)CC(C)C1CCCCC1=[N+]1CCCC1.O=C1CCCCC1. The minimum absolute atomic E-state index is 0.0265. The van der Waals surface area contributed by atoms with E-state index >= 15 is 0 Å². The average Bonchev–Trinajstić information content (AvgIpc) is 1.57. The van der Waals surface area contributed by atoms with Gasteiger partial charge in [-0.25, -0.2) is 23.1 Å². The quantitative estimate of drug-likeness (QED) is 0.0392. The van der Waals surface area contributed by atoms with Gasteiger partial charge in [0.05, 0.1) is 48.3 Å². The molecule has 7 saturated heterocycles. The first-order valence-electron chi connectivity index (χ1n) is 59.7. The molecule has 0 aromatic rings. The number of ketones is 3. The highest BCUT2D eigenvalue weighted by molar-refractivity contribution is 5.87. The van der Waals surface area contributed by atoms with Gasteiger partial charge in [-0.3, -0.25) is 47.9 Å². The number of carbonyl (C=O) groups excluding carboxylic acids is 10. The molecule has 16 aliphatic rings. The van der Waals surface area contributed by atoms with Crippen molar-refractivity contribution in [3.8, 4) is 0 Å². The van der Waals surface area contributed by atoms with Crippen molar-refractivity contribution < 1.29 is 109 Å². The lowest BCUT2D eigenvalue weighted by molar-refractivity contribution is -0.510. The van der Waals surface area contributed by atoms with Gasteiger partial charge in [0.1, 0.15) is 69.7 Å². The number of nitrogens with one attached hydrogen (secondary N) is 1. The predicted molar refractivity (Wildman–Crippen MR) is 592 cm³/mol. The topological polar surface area (TPSA) is 303 Å². The van der Waals surface area contributed by atoms with Crippen molar-refractivity contribution in [1.82, 2.24) is 15.1 Å². The molecule has 2 N–H and O–H groups in total. The molecule has 26 nitrogen and oxygen atoms in total. The minimum Gasteiger partial charge on any atom is -0.481 e. The van der Waals surface area contributed by atoms with Crippen LogP contribution in [0.25, 0.3) is 0 Å². The van der Waals surface area contributed by atoms with Gasteiger partial charge in [-0.05, 0) is 256 Å². The van der Waals surface area contributed by atoms with Crippen molar-refractivity contribution in [3.05, 3.63) is 35.7 Å². The lowest BCUT2D eigenvalue weighted by Gasteiger charge is -2.27. The van der Waals surface area contributed by atoms with Gasteiger partial charge < -0.3 is 53.4 Å². The van der Waals surface area contributed by atoms with Gasteiger partial charge in [-0.1, -0.05) is 105 Å². The summed E-state index contributed by atoms with van der Waals surface area (Å²) < 4.78 is 44.0. The Kier molecular flexibility index (Phi) is 70.0. The Hall–Kier alpha value is -7.77. The van der Waals surface area contributed by atoms with E-state index < -0.39 is 5.97 Å². The molecule has 7 saturated carbocycles. The zero-order chi connectivity index (χ0) is 108. The standard InChI is InChI=1S/2C16H28NO2.2C15H26NO2.C12H20O3.C11H18O3.2C10H17N.C6H10O.C5H8O2.C4H9N.C2H4O2/c2*1-3-19-16(18)12-13(2)14-8-4-5-9-15(14)17-10-6-7-11-17;2*1-12(11-15(17)18-2)13-7-3-4-8-14(13)16-9-5-6-10-16;1-3-15-12(14)8-9(2)10-6-4-5-7-11(10)13;1-8(7-11(13)14-2)9-5-3-4-6-10(9)12;2*1-2-6-10(7-3-1)11-8-4-5-9-11;7-6-4-2-1-3-5-6;1-3-4-5(6)7-2;1-2-4-5-3-1;1-2(3)4/h2*13-14H,3-12H2,1-2H3;2*12-13H,3-11H2,1-2H3;9-10H,3-8H2,1-2H3;8-9H,3-7H2,1-2H3;2*6H,1-5,7-9H2;1-5H2;3-4H,1-2H3;5H,1-4H2;1H3,(H,3,4)/q4*+1;;;;;;;;/b;;;;;;;;;4-3-;;. The number of hydrogen-bond acceptors (Lipinski definition) is 21. The monoisotopic (exact) mass is 2080 g/mol. The Bertz CT molecular complexity index is 3870. The summed E-state index contributed by atoms with van der Waals surface area (Å²) in [4.78, 5) is 126. The van der Waals surface area contributed by atoms with E-state index in [1.165, 1.54) is 377 Å². The van der Waals surface area contributed by atoms with E-state index in [1.807, 2.05) is 27.7 Å². The molecule has 14 fully saturated rings. The number of methoxy groups -OCH3 is 4. The van der Waals surface area contributed by atoms with Crippen LogP contribution in [0.4, 0.5) is 0 Å². The number of nitrogens with zero attached hydrogens (tertiary/aromatic N) is 6. The molecule has 16 rings (SSSR count). The Balaban J connectivity index is 0.000000290. The molecule has 7 heterocycles. The smallest absolute Gasteiger partial charge is 0.330 e. The van der Waals surface area contributed by atoms with Crippen LogP contribution in [0.2, 0.25) is 0 Å². The number of carbonyl (C=O) groups is 11. The van der Waals surface area contributed by atoms with E-state index in [0.29, 0.717) is 136 Å². The van der Waals surface area contributed by atoms with Crippen LogP contribution in [-0.4, -0.2) is 261 Å². The number of allylic oxidation sites excluding steroid dienone is 5. The maximum Gasteiger partial charge on any atom is 0.330 e. The van der Waals surface area contributed by atoms with Crippen molar-refractivity contribution in [2.45, 2.75) is 442 Å². The van der Waals surface area contributed by atoms with Crippen molar-refractivity contribution in [2.24, 2.45) is 71.0 Å². The first-order chi connectivity index (χ1) is 71.5. The first-order valence-corrected chi connectivity index (χ1v) is 59.7.